The quantitative estimate of drug-likeness (QED) is 0.750. The highest BCUT2D eigenvalue weighted by molar-refractivity contribution is 6.39. The third-order valence-electron chi connectivity index (χ3n) is 3.09. The van der Waals surface area contributed by atoms with Gasteiger partial charge in [0.15, 0.2) is 0 Å². The van der Waals surface area contributed by atoms with Crippen LogP contribution in [0.2, 0.25) is 10.0 Å². The molecule has 3 aromatic rings. The topological polar surface area (TPSA) is 53.6 Å². The lowest BCUT2D eigenvalue weighted by atomic mass is 10.1. The molecule has 21 heavy (non-hydrogen) atoms. The summed E-state index contributed by atoms with van der Waals surface area (Å²) in [4.78, 5) is 4.12. The average molecular weight is 319 g/mol. The molecule has 0 unspecified atom stereocenters. The summed E-state index contributed by atoms with van der Waals surface area (Å²) in [5, 5.41) is 11.5. The van der Waals surface area contributed by atoms with E-state index in [1.165, 1.54) is 0 Å². The van der Waals surface area contributed by atoms with Gasteiger partial charge in [-0.3, -0.25) is 10.1 Å². The van der Waals surface area contributed by atoms with E-state index in [-0.39, 0.29) is 0 Å². The van der Waals surface area contributed by atoms with Crippen molar-refractivity contribution in [2.45, 2.75) is 6.54 Å². The summed E-state index contributed by atoms with van der Waals surface area (Å²) in [7, 11) is 0. The molecule has 6 heteroatoms. The van der Waals surface area contributed by atoms with Gasteiger partial charge in [0.25, 0.3) is 0 Å². The maximum Gasteiger partial charge on any atom is 0.0721 e. The number of H-pyrrole nitrogens is 1. The lowest BCUT2D eigenvalue weighted by molar-refractivity contribution is 1.09. The van der Waals surface area contributed by atoms with E-state index in [0.29, 0.717) is 16.6 Å². The Morgan fingerprint density at radius 3 is 2.57 bits per heavy atom. The number of aromatic nitrogens is 3. The maximum atomic E-state index is 6.15. The Kier molecular flexibility index (Phi) is 4.08. The molecule has 0 bridgehead atoms. The Morgan fingerprint density at radius 1 is 1.05 bits per heavy atom. The molecule has 0 saturated heterocycles. The number of hydrogen-bond acceptors (Lipinski definition) is 3. The standard InChI is InChI=1S/C15H12Cl2N4/c16-12-4-1-5-13(17)15(12)19-8-11-9-20-21-14(11)10-3-2-6-18-7-10/h1-7,9,19H,8H2,(H,20,21). The summed E-state index contributed by atoms with van der Waals surface area (Å²) in [5.41, 5.74) is 3.65. The molecule has 2 heterocycles. The molecule has 0 atom stereocenters. The number of nitrogens with one attached hydrogen (secondary N) is 2. The monoisotopic (exact) mass is 318 g/mol. The Hall–Kier alpha value is -2.04. The minimum Gasteiger partial charge on any atom is -0.378 e. The molecule has 106 valence electrons. The van der Waals surface area contributed by atoms with Gasteiger partial charge < -0.3 is 5.32 Å². The van der Waals surface area contributed by atoms with Crippen LogP contribution in [0.15, 0.2) is 48.9 Å². The number of pyridine rings is 1. The van der Waals surface area contributed by atoms with Gasteiger partial charge in [-0.2, -0.15) is 5.10 Å². The molecule has 3 rings (SSSR count). The van der Waals surface area contributed by atoms with E-state index in [1.54, 1.807) is 30.7 Å². The molecular formula is C15H12Cl2N4. The van der Waals surface area contributed by atoms with Crippen molar-refractivity contribution in [3.63, 3.8) is 0 Å². The fourth-order valence-corrected chi connectivity index (χ4v) is 2.59. The molecule has 0 aliphatic rings. The van der Waals surface area contributed by atoms with E-state index in [1.807, 2.05) is 18.2 Å². The molecular weight excluding hydrogens is 307 g/mol. The zero-order chi connectivity index (χ0) is 14.7. The number of hydrogen-bond donors (Lipinski definition) is 2. The first kappa shape index (κ1) is 13.9. The van der Waals surface area contributed by atoms with Crippen molar-refractivity contribution in [2.24, 2.45) is 0 Å². The van der Waals surface area contributed by atoms with E-state index >= 15 is 0 Å². The lowest BCUT2D eigenvalue weighted by Gasteiger charge is -2.10. The first-order valence-corrected chi connectivity index (χ1v) is 7.12. The van der Waals surface area contributed by atoms with Crippen molar-refractivity contribution in [3.05, 3.63) is 64.5 Å². The van der Waals surface area contributed by atoms with Gasteiger partial charge >= 0.3 is 0 Å². The van der Waals surface area contributed by atoms with Crippen molar-refractivity contribution in [3.8, 4) is 11.3 Å². The van der Waals surface area contributed by atoms with Gasteiger partial charge in [-0.05, 0) is 24.3 Å². The molecule has 0 aliphatic heterocycles. The largest absolute Gasteiger partial charge is 0.378 e. The molecule has 0 amide bonds. The summed E-state index contributed by atoms with van der Waals surface area (Å²) < 4.78 is 0. The number of para-hydroxylation sites is 1. The Labute approximate surface area is 132 Å². The van der Waals surface area contributed by atoms with Crippen molar-refractivity contribution in [2.75, 3.05) is 5.32 Å². The van der Waals surface area contributed by atoms with Crippen LogP contribution in [0.25, 0.3) is 11.3 Å². The summed E-state index contributed by atoms with van der Waals surface area (Å²) >= 11 is 12.3. The summed E-state index contributed by atoms with van der Waals surface area (Å²) in [6.45, 7) is 0.560. The van der Waals surface area contributed by atoms with Crippen molar-refractivity contribution < 1.29 is 0 Å². The van der Waals surface area contributed by atoms with E-state index in [9.17, 15) is 0 Å². The Morgan fingerprint density at radius 2 is 1.86 bits per heavy atom. The van der Waals surface area contributed by atoms with E-state index < -0.39 is 0 Å². The minimum absolute atomic E-state index is 0.560. The van der Waals surface area contributed by atoms with Gasteiger partial charge in [0, 0.05) is 30.1 Å². The molecule has 0 aliphatic carbocycles. The number of nitrogens with zero attached hydrogens (tertiary/aromatic N) is 2. The lowest BCUT2D eigenvalue weighted by Crippen LogP contribution is -2.01. The van der Waals surface area contributed by atoms with Crippen LogP contribution in [-0.2, 0) is 6.54 Å². The van der Waals surface area contributed by atoms with Gasteiger partial charge in [0.1, 0.15) is 0 Å². The molecule has 4 nitrogen and oxygen atoms in total. The van der Waals surface area contributed by atoms with Crippen molar-refractivity contribution >= 4 is 28.9 Å². The van der Waals surface area contributed by atoms with Crippen LogP contribution in [0, 0.1) is 0 Å². The predicted molar refractivity (Wildman–Crippen MR) is 85.6 cm³/mol. The van der Waals surface area contributed by atoms with E-state index in [2.05, 4.69) is 20.5 Å². The SMILES string of the molecule is Clc1cccc(Cl)c1NCc1cn[nH]c1-c1cccnc1. The normalized spacial score (nSPS) is 10.6. The van der Waals surface area contributed by atoms with Crippen LogP contribution in [0.1, 0.15) is 5.56 Å². The maximum absolute atomic E-state index is 6.15. The highest BCUT2D eigenvalue weighted by Crippen LogP contribution is 2.30. The Balaban J connectivity index is 1.83. The van der Waals surface area contributed by atoms with Crippen LogP contribution in [0.3, 0.4) is 0 Å². The predicted octanol–water partition coefficient (Wildman–Crippen LogP) is 4.39. The minimum atomic E-state index is 0.560. The number of rotatable bonds is 4. The number of aromatic amines is 1. The number of anilines is 1. The highest BCUT2D eigenvalue weighted by Gasteiger charge is 2.10. The molecule has 0 fully saturated rings. The summed E-state index contributed by atoms with van der Waals surface area (Å²) in [5.74, 6) is 0. The fraction of sp³-hybridized carbons (Fsp3) is 0.0667. The molecule has 0 radical (unpaired) electrons. The van der Waals surface area contributed by atoms with Crippen LogP contribution >= 0.6 is 23.2 Å². The fourth-order valence-electron chi connectivity index (χ4n) is 2.06. The Bertz CT molecular complexity index is 720. The second-order valence-electron chi connectivity index (χ2n) is 4.46. The van der Waals surface area contributed by atoms with Crippen LogP contribution in [-0.4, -0.2) is 15.2 Å². The van der Waals surface area contributed by atoms with E-state index in [4.69, 9.17) is 23.2 Å². The highest BCUT2D eigenvalue weighted by atomic mass is 35.5. The summed E-state index contributed by atoms with van der Waals surface area (Å²) in [6, 6.07) is 9.28. The molecule has 0 saturated carbocycles. The molecule has 2 aromatic heterocycles. The summed E-state index contributed by atoms with van der Waals surface area (Å²) in [6.07, 6.45) is 5.31. The van der Waals surface area contributed by atoms with Crippen LogP contribution < -0.4 is 5.32 Å². The zero-order valence-electron chi connectivity index (χ0n) is 11.0. The first-order valence-electron chi connectivity index (χ1n) is 6.36. The van der Waals surface area contributed by atoms with Gasteiger partial charge in [0.05, 0.1) is 27.6 Å². The third kappa shape index (κ3) is 3.01. The van der Waals surface area contributed by atoms with Crippen LogP contribution in [0.5, 0.6) is 0 Å². The van der Waals surface area contributed by atoms with Gasteiger partial charge in [-0.1, -0.05) is 29.3 Å². The van der Waals surface area contributed by atoms with Crippen LogP contribution in [0.4, 0.5) is 5.69 Å². The third-order valence-corrected chi connectivity index (χ3v) is 3.72. The van der Waals surface area contributed by atoms with Gasteiger partial charge in [-0.25, -0.2) is 0 Å². The number of halogens is 2. The smallest absolute Gasteiger partial charge is 0.0721 e. The molecule has 0 spiro atoms. The van der Waals surface area contributed by atoms with Crippen molar-refractivity contribution in [1.29, 1.82) is 0 Å². The van der Waals surface area contributed by atoms with Gasteiger partial charge in [-0.15, -0.1) is 0 Å². The first-order chi connectivity index (χ1) is 10.3. The number of benzene rings is 1. The van der Waals surface area contributed by atoms with Gasteiger partial charge in [0.2, 0.25) is 0 Å². The second kappa shape index (κ2) is 6.16. The molecule has 2 N–H and O–H groups in total. The van der Waals surface area contributed by atoms with E-state index in [0.717, 1.165) is 22.5 Å². The van der Waals surface area contributed by atoms with Crippen molar-refractivity contribution in [1.82, 2.24) is 15.2 Å². The second-order valence-corrected chi connectivity index (χ2v) is 5.28. The average Bonchev–Trinajstić information content (AvgIpc) is 2.96. The molecule has 1 aromatic carbocycles. The zero-order valence-corrected chi connectivity index (χ0v) is 12.5.